The van der Waals surface area contributed by atoms with E-state index in [1.54, 1.807) is 4.68 Å². The molecule has 1 fully saturated rings. The van der Waals surface area contributed by atoms with Crippen molar-refractivity contribution in [3.05, 3.63) is 52.1 Å². The average molecular weight is 305 g/mol. The van der Waals surface area contributed by atoms with Crippen molar-refractivity contribution in [1.82, 2.24) is 15.0 Å². The van der Waals surface area contributed by atoms with E-state index in [1.165, 1.54) is 17.5 Å². The van der Waals surface area contributed by atoms with Crippen molar-refractivity contribution in [2.45, 2.75) is 25.2 Å². The molecule has 1 aliphatic rings. The second kappa shape index (κ2) is 4.50. The van der Waals surface area contributed by atoms with Crippen molar-refractivity contribution in [3.63, 3.8) is 0 Å². The molecular weight excluding hydrogens is 290 g/mol. The smallest absolute Gasteiger partial charge is 0.0864 e. The van der Waals surface area contributed by atoms with E-state index >= 15 is 0 Å². The SMILES string of the molecule is C[CH]c1cc(Br)cc(C2CC2c2cn(C)nn2)c1. The molecule has 18 heavy (non-hydrogen) atoms. The molecule has 1 aliphatic carbocycles. The lowest BCUT2D eigenvalue weighted by molar-refractivity contribution is 0.713. The first-order chi connectivity index (χ1) is 8.67. The van der Waals surface area contributed by atoms with Gasteiger partial charge in [-0.2, -0.15) is 0 Å². The van der Waals surface area contributed by atoms with Crippen LogP contribution in [0.1, 0.15) is 42.0 Å². The molecule has 0 spiro atoms. The van der Waals surface area contributed by atoms with Gasteiger partial charge in [-0.25, -0.2) is 0 Å². The summed E-state index contributed by atoms with van der Waals surface area (Å²) < 4.78 is 2.93. The van der Waals surface area contributed by atoms with Gasteiger partial charge in [0.15, 0.2) is 0 Å². The second-order valence-corrected chi connectivity index (χ2v) is 5.79. The molecule has 0 bridgehead atoms. The lowest BCUT2D eigenvalue weighted by Gasteiger charge is -2.04. The zero-order valence-electron chi connectivity index (χ0n) is 10.5. The fourth-order valence-corrected chi connectivity index (χ4v) is 2.97. The topological polar surface area (TPSA) is 30.7 Å². The number of aryl methyl sites for hydroxylation is 1. The number of halogens is 1. The highest BCUT2D eigenvalue weighted by atomic mass is 79.9. The van der Waals surface area contributed by atoms with Crippen LogP contribution in [0.15, 0.2) is 28.9 Å². The summed E-state index contributed by atoms with van der Waals surface area (Å²) in [6.07, 6.45) is 5.34. The maximum absolute atomic E-state index is 4.21. The largest absolute Gasteiger partial charge is 0.255 e. The van der Waals surface area contributed by atoms with Crippen LogP contribution in [0.2, 0.25) is 0 Å². The molecule has 0 N–H and O–H groups in total. The molecule has 2 aromatic rings. The fraction of sp³-hybridized carbons (Fsp3) is 0.357. The Kier molecular flexibility index (Phi) is 2.98. The molecule has 1 radical (unpaired) electrons. The van der Waals surface area contributed by atoms with Gasteiger partial charge in [-0.1, -0.05) is 34.1 Å². The van der Waals surface area contributed by atoms with Crippen LogP contribution >= 0.6 is 15.9 Å². The number of hydrogen-bond acceptors (Lipinski definition) is 2. The van der Waals surface area contributed by atoms with Gasteiger partial charge in [0, 0.05) is 23.6 Å². The molecule has 2 unspecified atom stereocenters. The Labute approximate surface area is 115 Å². The normalized spacial score (nSPS) is 22.2. The van der Waals surface area contributed by atoms with Crippen LogP contribution in [0.5, 0.6) is 0 Å². The number of rotatable bonds is 3. The van der Waals surface area contributed by atoms with Crippen LogP contribution in [0.3, 0.4) is 0 Å². The molecule has 1 aromatic heterocycles. The second-order valence-electron chi connectivity index (χ2n) is 4.87. The predicted molar refractivity (Wildman–Crippen MR) is 74.3 cm³/mol. The molecule has 1 aromatic carbocycles. The highest BCUT2D eigenvalue weighted by Crippen LogP contribution is 2.54. The van der Waals surface area contributed by atoms with Crippen LogP contribution in [0, 0.1) is 6.42 Å². The lowest BCUT2D eigenvalue weighted by atomic mass is 10.0. The first kappa shape index (κ1) is 11.9. The molecule has 0 amide bonds. The van der Waals surface area contributed by atoms with Crippen LogP contribution in [-0.2, 0) is 7.05 Å². The minimum atomic E-state index is 0.540. The van der Waals surface area contributed by atoms with E-state index in [1.807, 2.05) is 13.2 Å². The Morgan fingerprint density at radius 3 is 2.83 bits per heavy atom. The molecule has 3 nitrogen and oxygen atoms in total. The van der Waals surface area contributed by atoms with Gasteiger partial charge in [0.2, 0.25) is 0 Å². The zero-order chi connectivity index (χ0) is 12.7. The van der Waals surface area contributed by atoms with E-state index in [-0.39, 0.29) is 0 Å². The Morgan fingerprint density at radius 2 is 2.17 bits per heavy atom. The standard InChI is InChI=1S/C14H15BrN3/c1-3-9-4-10(6-11(15)5-9)12-7-13(12)14-8-18(2)17-16-14/h3-6,8,12-13H,7H2,1-2H3. The highest BCUT2D eigenvalue weighted by Gasteiger charge is 2.41. The summed E-state index contributed by atoms with van der Waals surface area (Å²) in [5.74, 6) is 1.13. The number of hydrogen-bond donors (Lipinski definition) is 0. The molecular formula is C14H15BrN3. The van der Waals surface area contributed by atoms with Gasteiger partial charge in [0.05, 0.1) is 5.69 Å². The van der Waals surface area contributed by atoms with Crippen LogP contribution in [-0.4, -0.2) is 15.0 Å². The molecule has 0 aliphatic heterocycles. The van der Waals surface area contributed by atoms with Gasteiger partial charge >= 0.3 is 0 Å². The minimum Gasteiger partial charge on any atom is -0.255 e. The summed E-state index contributed by atoms with van der Waals surface area (Å²) in [7, 11) is 1.91. The summed E-state index contributed by atoms with van der Waals surface area (Å²) in [6, 6.07) is 6.63. The van der Waals surface area contributed by atoms with Crippen LogP contribution in [0.25, 0.3) is 0 Å². The quantitative estimate of drug-likeness (QED) is 0.870. The summed E-state index contributed by atoms with van der Waals surface area (Å²) in [5, 5.41) is 8.22. The Bertz CT molecular complexity index is 576. The minimum absolute atomic E-state index is 0.540. The van der Waals surface area contributed by atoms with Gasteiger partial charge in [-0.3, -0.25) is 4.68 Å². The molecule has 93 valence electrons. The van der Waals surface area contributed by atoms with Crippen molar-refractivity contribution < 1.29 is 0 Å². The van der Waals surface area contributed by atoms with E-state index in [0.29, 0.717) is 11.8 Å². The Balaban J connectivity index is 1.83. The third kappa shape index (κ3) is 2.21. The van der Waals surface area contributed by atoms with Gasteiger partial charge in [0.1, 0.15) is 0 Å². The van der Waals surface area contributed by atoms with Crippen LogP contribution < -0.4 is 0 Å². The molecule has 4 heteroatoms. The lowest BCUT2D eigenvalue weighted by Crippen LogP contribution is -1.88. The van der Waals surface area contributed by atoms with Crippen molar-refractivity contribution in [3.8, 4) is 0 Å². The highest BCUT2D eigenvalue weighted by molar-refractivity contribution is 9.10. The van der Waals surface area contributed by atoms with E-state index in [0.717, 1.165) is 10.2 Å². The first-order valence-electron chi connectivity index (χ1n) is 6.13. The average Bonchev–Trinajstić information content (AvgIpc) is 3.04. The first-order valence-corrected chi connectivity index (χ1v) is 6.92. The molecule has 1 heterocycles. The maximum Gasteiger partial charge on any atom is 0.0864 e. The Morgan fingerprint density at radius 1 is 1.33 bits per heavy atom. The third-order valence-corrected chi connectivity index (χ3v) is 3.95. The number of aromatic nitrogens is 3. The summed E-state index contributed by atoms with van der Waals surface area (Å²) in [5.41, 5.74) is 3.78. The molecule has 1 saturated carbocycles. The van der Waals surface area contributed by atoms with E-state index in [4.69, 9.17) is 0 Å². The molecule has 2 atom stereocenters. The van der Waals surface area contributed by atoms with E-state index < -0.39 is 0 Å². The van der Waals surface area contributed by atoms with Gasteiger partial charge in [-0.05, 0) is 42.0 Å². The third-order valence-electron chi connectivity index (χ3n) is 3.49. The molecule has 3 rings (SSSR count). The number of nitrogens with zero attached hydrogens (tertiary/aromatic N) is 3. The zero-order valence-corrected chi connectivity index (χ0v) is 12.1. The van der Waals surface area contributed by atoms with Gasteiger partial charge < -0.3 is 0 Å². The summed E-state index contributed by atoms with van der Waals surface area (Å²) in [4.78, 5) is 0. The fourth-order valence-electron chi connectivity index (χ4n) is 2.44. The van der Waals surface area contributed by atoms with Crippen molar-refractivity contribution in [2.24, 2.45) is 7.05 Å². The monoisotopic (exact) mass is 304 g/mol. The van der Waals surface area contributed by atoms with Crippen molar-refractivity contribution >= 4 is 15.9 Å². The number of benzene rings is 1. The van der Waals surface area contributed by atoms with Crippen LogP contribution in [0.4, 0.5) is 0 Å². The maximum atomic E-state index is 4.21. The predicted octanol–water partition coefficient (Wildman–Crippen LogP) is 3.42. The Hall–Kier alpha value is -1.16. The van der Waals surface area contributed by atoms with Gasteiger partial charge in [-0.15, -0.1) is 5.10 Å². The van der Waals surface area contributed by atoms with E-state index in [2.05, 4.69) is 57.8 Å². The summed E-state index contributed by atoms with van der Waals surface area (Å²) in [6.45, 7) is 2.07. The van der Waals surface area contributed by atoms with Crippen molar-refractivity contribution in [2.75, 3.05) is 0 Å². The van der Waals surface area contributed by atoms with E-state index in [9.17, 15) is 0 Å². The van der Waals surface area contributed by atoms with Gasteiger partial charge in [0.25, 0.3) is 0 Å². The molecule has 0 saturated heterocycles. The van der Waals surface area contributed by atoms with Crippen molar-refractivity contribution in [1.29, 1.82) is 0 Å². The summed E-state index contributed by atoms with van der Waals surface area (Å²) >= 11 is 3.58.